The third-order valence-electron chi connectivity index (χ3n) is 3.48. The summed E-state index contributed by atoms with van der Waals surface area (Å²) in [6, 6.07) is 11.4. The van der Waals surface area contributed by atoms with Gasteiger partial charge in [0.25, 0.3) is 10.0 Å². The molecule has 0 radical (unpaired) electrons. The molecule has 6 heteroatoms. The lowest BCUT2D eigenvalue weighted by atomic mass is 10.0. The first-order valence-corrected chi connectivity index (χ1v) is 9.41. The molecule has 0 fully saturated rings. The van der Waals surface area contributed by atoms with Crippen molar-refractivity contribution in [2.45, 2.75) is 31.6 Å². The van der Waals surface area contributed by atoms with Crippen LogP contribution in [-0.2, 0) is 10.0 Å². The van der Waals surface area contributed by atoms with E-state index in [-0.39, 0.29) is 10.7 Å². The van der Waals surface area contributed by atoms with E-state index in [2.05, 4.69) is 34.5 Å². The van der Waals surface area contributed by atoms with E-state index in [1.165, 1.54) is 31.2 Å². The highest BCUT2D eigenvalue weighted by molar-refractivity contribution is 9.10. The van der Waals surface area contributed by atoms with Crippen LogP contribution >= 0.6 is 15.9 Å². The predicted octanol–water partition coefficient (Wildman–Crippen LogP) is 4.58. The number of anilines is 1. The van der Waals surface area contributed by atoms with Crippen LogP contribution in [0.3, 0.4) is 0 Å². The molecule has 0 saturated heterocycles. The molecular weight excluding hydrogens is 378 g/mol. The standard InChI is InChI=1S/C17H18BrNO3S/c1-11(2)14-6-9-17(16(18)10-14)19-23(21,22)15-7-4-13(5-8-15)12(3)20/h4-11,19H,1-3H3. The van der Waals surface area contributed by atoms with E-state index in [0.717, 1.165) is 5.56 Å². The molecule has 0 aliphatic rings. The van der Waals surface area contributed by atoms with Gasteiger partial charge in [0.1, 0.15) is 0 Å². The van der Waals surface area contributed by atoms with Gasteiger partial charge in [-0.3, -0.25) is 9.52 Å². The SMILES string of the molecule is CC(=O)c1ccc(S(=O)(=O)Nc2ccc(C(C)C)cc2Br)cc1. The van der Waals surface area contributed by atoms with Crippen LogP contribution in [0.15, 0.2) is 51.8 Å². The second kappa shape index (κ2) is 6.84. The Morgan fingerprint density at radius 1 is 1.09 bits per heavy atom. The quantitative estimate of drug-likeness (QED) is 0.753. The molecule has 0 aliphatic heterocycles. The van der Waals surface area contributed by atoms with E-state index in [4.69, 9.17) is 0 Å². The molecule has 2 aromatic carbocycles. The first kappa shape index (κ1) is 17.7. The van der Waals surface area contributed by atoms with Gasteiger partial charge in [-0.15, -0.1) is 0 Å². The molecule has 2 rings (SSSR count). The summed E-state index contributed by atoms with van der Waals surface area (Å²) >= 11 is 3.40. The third kappa shape index (κ3) is 4.20. The Hall–Kier alpha value is -1.66. The van der Waals surface area contributed by atoms with Gasteiger partial charge < -0.3 is 0 Å². The van der Waals surface area contributed by atoms with Gasteiger partial charge in [0.2, 0.25) is 0 Å². The Balaban J connectivity index is 2.29. The number of Topliss-reactive ketones (excluding diaryl/α,β-unsaturated/α-hetero) is 1. The zero-order chi connectivity index (χ0) is 17.2. The number of hydrogen-bond acceptors (Lipinski definition) is 3. The van der Waals surface area contributed by atoms with Crippen LogP contribution in [-0.4, -0.2) is 14.2 Å². The fraction of sp³-hybridized carbons (Fsp3) is 0.235. The van der Waals surface area contributed by atoms with E-state index in [9.17, 15) is 13.2 Å². The van der Waals surface area contributed by atoms with Gasteiger partial charge in [0.05, 0.1) is 10.6 Å². The van der Waals surface area contributed by atoms with Gasteiger partial charge in [0.15, 0.2) is 5.78 Å². The topological polar surface area (TPSA) is 63.2 Å². The van der Waals surface area contributed by atoms with Gasteiger partial charge >= 0.3 is 0 Å². The van der Waals surface area contributed by atoms with Crippen molar-refractivity contribution in [1.82, 2.24) is 0 Å². The normalized spacial score (nSPS) is 11.5. The van der Waals surface area contributed by atoms with Crippen molar-refractivity contribution in [3.63, 3.8) is 0 Å². The molecule has 122 valence electrons. The lowest BCUT2D eigenvalue weighted by Gasteiger charge is -2.12. The van der Waals surface area contributed by atoms with E-state index >= 15 is 0 Å². The fourth-order valence-corrected chi connectivity index (χ4v) is 3.75. The summed E-state index contributed by atoms with van der Waals surface area (Å²) in [5.74, 6) is 0.255. The van der Waals surface area contributed by atoms with Gasteiger partial charge in [-0.05, 0) is 58.6 Å². The van der Waals surface area contributed by atoms with Gasteiger partial charge in [-0.25, -0.2) is 8.42 Å². The number of rotatable bonds is 5. The Bertz CT molecular complexity index is 827. The fourth-order valence-electron chi connectivity index (χ4n) is 2.05. The summed E-state index contributed by atoms with van der Waals surface area (Å²) in [7, 11) is -3.70. The maximum absolute atomic E-state index is 12.4. The van der Waals surface area contributed by atoms with Gasteiger partial charge in [-0.1, -0.05) is 32.0 Å². The van der Waals surface area contributed by atoms with E-state index in [1.54, 1.807) is 6.07 Å². The Morgan fingerprint density at radius 3 is 2.17 bits per heavy atom. The Kier molecular flexibility index (Phi) is 5.26. The van der Waals surface area contributed by atoms with E-state index < -0.39 is 10.0 Å². The Labute approximate surface area is 145 Å². The van der Waals surface area contributed by atoms with Crippen LogP contribution in [0.2, 0.25) is 0 Å². The van der Waals surface area contributed by atoms with E-state index in [1.807, 2.05) is 12.1 Å². The first-order valence-electron chi connectivity index (χ1n) is 7.14. The summed E-state index contributed by atoms with van der Waals surface area (Å²) in [5.41, 5.74) is 2.07. The number of carbonyl (C=O) groups excluding carboxylic acids is 1. The van der Waals surface area contributed by atoms with Crippen LogP contribution in [0.5, 0.6) is 0 Å². The minimum absolute atomic E-state index is 0.103. The Morgan fingerprint density at radius 2 is 1.70 bits per heavy atom. The number of carbonyl (C=O) groups is 1. The molecule has 0 amide bonds. The smallest absolute Gasteiger partial charge is 0.261 e. The lowest BCUT2D eigenvalue weighted by Crippen LogP contribution is -2.13. The molecule has 0 aromatic heterocycles. The number of ketones is 1. The minimum atomic E-state index is -3.70. The molecule has 0 bridgehead atoms. The first-order chi connectivity index (χ1) is 10.7. The molecular formula is C17H18BrNO3S. The number of hydrogen-bond donors (Lipinski definition) is 1. The molecule has 4 nitrogen and oxygen atoms in total. The van der Waals surface area contributed by atoms with Gasteiger partial charge in [-0.2, -0.15) is 0 Å². The van der Waals surface area contributed by atoms with Crippen LogP contribution in [0, 0.1) is 0 Å². The number of halogens is 1. The van der Waals surface area contributed by atoms with Crippen molar-refractivity contribution in [3.05, 3.63) is 58.1 Å². The average molecular weight is 396 g/mol. The summed E-state index contributed by atoms with van der Waals surface area (Å²) in [4.78, 5) is 11.4. The summed E-state index contributed by atoms with van der Waals surface area (Å²) in [6.45, 7) is 5.58. The minimum Gasteiger partial charge on any atom is -0.295 e. The second-order valence-corrected chi connectivity index (χ2v) is 8.12. The van der Waals surface area contributed by atoms with Gasteiger partial charge in [0, 0.05) is 10.0 Å². The highest BCUT2D eigenvalue weighted by Crippen LogP contribution is 2.29. The van der Waals surface area contributed by atoms with Crippen molar-refractivity contribution in [2.75, 3.05) is 4.72 Å². The third-order valence-corrected chi connectivity index (χ3v) is 5.51. The van der Waals surface area contributed by atoms with Crippen LogP contribution in [0.1, 0.15) is 42.6 Å². The molecule has 0 spiro atoms. The number of nitrogens with one attached hydrogen (secondary N) is 1. The van der Waals surface area contributed by atoms with Crippen molar-refractivity contribution in [3.8, 4) is 0 Å². The molecule has 0 atom stereocenters. The monoisotopic (exact) mass is 395 g/mol. The molecule has 2 aromatic rings. The molecule has 0 heterocycles. The average Bonchev–Trinajstić information content (AvgIpc) is 2.49. The van der Waals surface area contributed by atoms with Crippen molar-refractivity contribution in [2.24, 2.45) is 0 Å². The maximum Gasteiger partial charge on any atom is 0.261 e. The predicted molar refractivity (Wildman–Crippen MR) is 95.5 cm³/mol. The zero-order valence-electron chi connectivity index (χ0n) is 13.1. The largest absolute Gasteiger partial charge is 0.295 e. The van der Waals surface area contributed by atoms with Crippen molar-refractivity contribution < 1.29 is 13.2 Å². The highest BCUT2D eigenvalue weighted by atomic mass is 79.9. The molecule has 23 heavy (non-hydrogen) atoms. The van der Waals surface area contributed by atoms with E-state index in [0.29, 0.717) is 21.6 Å². The summed E-state index contributed by atoms with van der Waals surface area (Å²) < 4.78 is 28.1. The zero-order valence-corrected chi connectivity index (χ0v) is 15.5. The highest BCUT2D eigenvalue weighted by Gasteiger charge is 2.16. The number of sulfonamides is 1. The van der Waals surface area contributed by atoms with Crippen molar-refractivity contribution in [1.29, 1.82) is 0 Å². The molecule has 0 unspecified atom stereocenters. The van der Waals surface area contributed by atoms with Crippen LogP contribution < -0.4 is 4.72 Å². The second-order valence-electron chi connectivity index (χ2n) is 5.58. The molecule has 1 N–H and O–H groups in total. The molecule has 0 aliphatic carbocycles. The van der Waals surface area contributed by atoms with Crippen molar-refractivity contribution >= 4 is 37.4 Å². The summed E-state index contributed by atoms with van der Waals surface area (Å²) in [6.07, 6.45) is 0. The maximum atomic E-state index is 12.4. The van der Waals surface area contributed by atoms with Crippen LogP contribution in [0.4, 0.5) is 5.69 Å². The molecule has 0 saturated carbocycles. The summed E-state index contributed by atoms with van der Waals surface area (Å²) in [5, 5.41) is 0. The lowest BCUT2D eigenvalue weighted by molar-refractivity contribution is 0.101. The van der Waals surface area contributed by atoms with Crippen LogP contribution in [0.25, 0.3) is 0 Å². The number of benzene rings is 2.